The van der Waals surface area contributed by atoms with Crippen molar-refractivity contribution in [3.63, 3.8) is 0 Å². The molecule has 26 heavy (non-hydrogen) atoms. The fourth-order valence-electron chi connectivity index (χ4n) is 2.31. The smallest absolute Gasteiger partial charge is 0.255 e. The number of benzene rings is 2. The molecule has 2 aromatic rings. The first-order chi connectivity index (χ1) is 12.4. The fourth-order valence-corrected chi connectivity index (χ4v) is 2.31. The number of hydrogen-bond donors (Lipinski definition) is 2. The summed E-state index contributed by atoms with van der Waals surface area (Å²) < 4.78 is 10.4. The predicted octanol–water partition coefficient (Wildman–Crippen LogP) is 3.34. The maximum absolute atomic E-state index is 12.6. The Morgan fingerprint density at radius 1 is 0.962 bits per heavy atom. The summed E-state index contributed by atoms with van der Waals surface area (Å²) in [7, 11) is 3.07. The molecular weight excluding hydrogens is 332 g/mol. The molecule has 6 nitrogen and oxygen atoms in total. The van der Waals surface area contributed by atoms with Gasteiger partial charge in [-0.1, -0.05) is 19.9 Å². The van der Waals surface area contributed by atoms with Gasteiger partial charge < -0.3 is 20.1 Å². The number of amides is 2. The van der Waals surface area contributed by atoms with Crippen LogP contribution in [0, 0.1) is 5.92 Å². The van der Waals surface area contributed by atoms with Gasteiger partial charge in [-0.25, -0.2) is 0 Å². The SMILES string of the molecule is COc1ccc(OC)c(NC(=O)c2cccc(C(=O)NCC(C)C)c2)c1. The molecule has 2 rings (SSSR count). The summed E-state index contributed by atoms with van der Waals surface area (Å²) in [6, 6.07) is 11.7. The molecule has 0 aliphatic rings. The van der Waals surface area contributed by atoms with Gasteiger partial charge in [0.1, 0.15) is 11.5 Å². The molecule has 0 radical (unpaired) electrons. The van der Waals surface area contributed by atoms with Crippen molar-refractivity contribution in [1.82, 2.24) is 5.32 Å². The van der Waals surface area contributed by atoms with Crippen LogP contribution in [-0.4, -0.2) is 32.6 Å². The number of nitrogens with one attached hydrogen (secondary N) is 2. The molecular formula is C20H24N2O4. The van der Waals surface area contributed by atoms with Crippen LogP contribution in [0.5, 0.6) is 11.5 Å². The van der Waals surface area contributed by atoms with Gasteiger partial charge >= 0.3 is 0 Å². The van der Waals surface area contributed by atoms with E-state index < -0.39 is 0 Å². The van der Waals surface area contributed by atoms with Crippen molar-refractivity contribution in [2.24, 2.45) is 5.92 Å². The maximum Gasteiger partial charge on any atom is 0.255 e. The molecule has 0 saturated carbocycles. The average molecular weight is 356 g/mol. The first-order valence-corrected chi connectivity index (χ1v) is 8.36. The standard InChI is InChI=1S/C20H24N2O4/c1-13(2)12-21-19(23)14-6-5-7-15(10-14)20(24)22-17-11-16(25-3)8-9-18(17)26-4/h5-11,13H,12H2,1-4H3,(H,21,23)(H,22,24). The van der Waals surface area contributed by atoms with E-state index in [-0.39, 0.29) is 11.8 Å². The van der Waals surface area contributed by atoms with Gasteiger partial charge in [0.25, 0.3) is 11.8 Å². The Kier molecular flexibility index (Phi) is 6.60. The Balaban J connectivity index is 2.18. The molecule has 2 N–H and O–H groups in total. The highest BCUT2D eigenvalue weighted by Crippen LogP contribution is 2.29. The summed E-state index contributed by atoms with van der Waals surface area (Å²) in [5, 5.41) is 5.63. The van der Waals surface area contributed by atoms with Crippen molar-refractivity contribution in [1.29, 1.82) is 0 Å². The Labute approximate surface area is 153 Å². The largest absolute Gasteiger partial charge is 0.497 e. The van der Waals surface area contributed by atoms with Gasteiger partial charge in [0.15, 0.2) is 0 Å². The molecule has 0 heterocycles. The molecule has 2 aromatic carbocycles. The molecule has 0 bridgehead atoms. The van der Waals surface area contributed by atoms with Crippen molar-refractivity contribution in [2.45, 2.75) is 13.8 Å². The van der Waals surface area contributed by atoms with Crippen LogP contribution in [0.2, 0.25) is 0 Å². The summed E-state index contributed by atoms with van der Waals surface area (Å²) >= 11 is 0. The van der Waals surface area contributed by atoms with Gasteiger partial charge in [0.05, 0.1) is 19.9 Å². The number of hydrogen-bond acceptors (Lipinski definition) is 4. The van der Waals surface area contributed by atoms with E-state index in [1.807, 2.05) is 13.8 Å². The molecule has 0 saturated heterocycles. The van der Waals surface area contributed by atoms with E-state index in [0.717, 1.165) is 0 Å². The van der Waals surface area contributed by atoms with Gasteiger partial charge in [-0.3, -0.25) is 9.59 Å². The number of ether oxygens (including phenoxy) is 2. The molecule has 0 aromatic heterocycles. The second kappa shape index (κ2) is 8.89. The van der Waals surface area contributed by atoms with E-state index in [4.69, 9.17) is 9.47 Å². The molecule has 0 aliphatic carbocycles. The number of anilines is 1. The van der Waals surface area contributed by atoms with Crippen molar-refractivity contribution < 1.29 is 19.1 Å². The average Bonchev–Trinajstić information content (AvgIpc) is 2.65. The zero-order valence-corrected chi connectivity index (χ0v) is 15.5. The lowest BCUT2D eigenvalue weighted by Gasteiger charge is -2.12. The lowest BCUT2D eigenvalue weighted by Crippen LogP contribution is -2.27. The third-order valence-electron chi connectivity index (χ3n) is 3.71. The normalized spacial score (nSPS) is 10.3. The van der Waals surface area contributed by atoms with Gasteiger partial charge in [-0.15, -0.1) is 0 Å². The predicted molar refractivity (Wildman–Crippen MR) is 101 cm³/mol. The van der Waals surface area contributed by atoms with Crippen LogP contribution in [0.15, 0.2) is 42.5 Å². The third-order valence-corrected chi connectivity index (χ3v) is 3.71. The number of methoxy groups -OCH3 is 2. The van der Waals surface area contributed by atoms with E-state index in [1.165, 1.54) is 7.11 Å². The molecule has 0 atom stereocenters. The summed E-state index contributed by atoms with van der Waals surface area (Å²) in [6.45, 7) is 4.62. The van der Waals surface area contributed by atoms with Gasteiger partial charge in [-0.2, -0.15) is 0 Å². The summed E-state index contributed by atoms with van der Waals surface area (Å²) in [6.07, 6.45) is 0. The number of carbonyl (C=O) groups is 2. The first-order valence-electron chi connectivity index (χ1n) is 8.36. The highest BCUT2D eigenvalue weighted by Gasteiger charge is 2.13. The van der Waals surface area contributed by atoms with Crippen LogP contribution < -0.4 is 20.1 Å². The molecule has 0 spiro atoms. The highest BCUT2D eigenvalue weighted by molar-refractivity contribution is 6.06. The third kappa shape index (κ3) is 4.99. The van der Waals surface area contributed by atoms with Crippen molar-refractivity contribution in [3.8, 4) is 11.5 Å². The number of carbonyl (C=O) groups excluding carboxylic acids is 2. The quantitative estimate of drug-likeness (QED) is 0.798. The van der Waals surface area contributed by atoms with Crippen LogP contribution in [-0.2, 0) is 0 Å². The minimum Gasteiger partial charge on any atom is -0.497 e. The fraction of sp³-hybridized carbons (Fsp3) is 0.300. The molecule has 0 fully saturated rings. The zero-order valence-electron chi connectivity index (χ0n) is 15.5. The minimum absolute atomic E-state index is 0.202. The van der Waals surface area contributed by atoms with Gasteiger partial charge in [0.2, 0.25) is 0 Å². The van der Waals surface area contributed by atoms with Crippen LogP contribution in [0.4, 0.5) is 5.69 Å². The van der Waals surface area contributed by atoms with Gasteiger partial charge in [0, 0.05) is 23.7 Å². The Bertz CT molecular complexity index is 787. The minimum atomic E-state index is -0.338. The monoisotopic (exact) mass is 356 g/mol. The molecule has 6 heteroatoms. The van der Waals surface area contributed by atoms with Crippen LogP contribution in [0.3, 0.4) is 0 Å². The molecule has 2 amide bonds. The Morgan fingerprint density at radius 2 is 1.65 bits per heavy atom. The summed E-state index contributed by atoms with van der Waals surface area (Å²) in [4.78, 5) is 24.8. The van der Waals surface area contributed by atoms with Crippen molar-refractivity contribution >= 4 is 17.5 Å². The molecule has 0 aliphatic heterocycles. The maximum atomic E-state index is 12.6. The van der Waals surface area contributed by atoms with Crippen LogP contribution >= 0.6 is 0 Å². The highest BCUT2D eigenvalue weighted by atomic mass is 16.5. The second-order valence-corrected chi connectivity index (χ2v) is 6.21. The van der Waals surface area contributed by atoms with E-state index in [1.54, 1.807) is 49.6 Å². The van der Waals surface area contributed by atoms with E-state index in [0.29, 0.717) is 40.8 Å². The van der Waals surface area contributed by atoms with Crippen LogP contribution in [0.1, 0.15) is 34.6 Å². The Morgan fingerprint density at radius 3 is 2.27 bits per heavy atom. The lowest BCUT2D eigenvalue weighted by atomic mass is 10.1. The zero-order chi connectivity index (χ0) is 19.1. The van der Waals surface area contributed by atoms with Gasteiger partial charge in [-0.05, 0) is 36.2 Å². The first kappa shape index (κ1) is 19.3. The van der Waals surface area contributed by atoms with Crippen LogP contribution in [0.25, 0.3) is 0 Å². The van der Waals surface area contributed by atoms with E-state index in [2.05, 4.69) is 10.6 Å². The number of rotatable bonds is 7. The summed E-state index contributed by atoms with van der Waals surface area (Å²) in [5.74, 6) is 0.932. The topological polar surface area (TPSA) is 76.7 Å². The lowest BCUT2D eigenvalue weighted by molar-refractivity contribution is 0.0949. The molecule has 0 unspecified atom stereocenters. The van der Waals surface area contributed by atoms with E-state index in [9.17, 15) is 9.59 Å². The summed E-state index contributed by atoms with van der Waals surface area (Å²) in [5.41, 5.74) is 1.31. The Hall–Kier alpha value is -3.02. The second-order valence-electron chi connectivity index (χ2n) is 6.21. The van der Waals surface area contributed by atoms with Crippen molar-refractivity contribution in [3.05, 3.63) is 53.6 Å². The van der Waals surface area contributed by atoms with E-state index >= 15 is 0 Å². The molecule has 138 valence electrons. The van der Waals surface area contributed by atoms with Crippen molar-refractivity contribution in [2.75, 3.05) is 26.1 Å².